The van der Waals surface area contributed by atoms with Crippen LogP contribution >= 0.6 is 8.19 Å². The predicted octanol–water partition coefficient (Wildman–Crippen LogP) is 7.07. The molecule has 0 aliphatic rings. The molecule has 3 aromatic carbocycles. The van der Waals surface area contributed by atoms with Crippen molar-refractivity contribution in [2.24, 2.45) is 0 Å². The molecule has 0 radical (unpaired) electrons. The van der Waals surface area contributed by atoms with Crippen molar-refractivity contribution in [3.63, 3.8) is 0 Å². The molecule has 4 rings (SSSR count). The number of fused-ring (bicyclic) bond motifs is 3. The average molecular weight is 304 g/mol. The van der Waals surface area contributed by atoms with Gasteiger partial charge in [-0.25, -0.2) is 0 Å². The Morgan fingerprint density at radius 3 is 2.14 bits per heavy atom. The van der Waals surface area contributed by atoms with Crippen LogP contribution < -0.4 is 0 Å². The smallest absolute Gasteiger partial charge is 0.000766 e. The average Bonchev–Trinajstić information content (AvgIpc) is 2.97. The number of benzene rings is 2. The summed E-state index contributed by atoms with van der Waals surface area (Å²) < 4.78 is 0. The van der Waals surface area contributed by atoms with Crippen LogP contribution in [0.3, 0.4) is 0 Å². The van der Waals surface area contributed by atoms with Crippen LogP contribution in [0.15, 0.2) is 66.5 Å². The van der Waals surface area contributed by atoms with Crippen LogP contribution in [0.2, 0.25) is 0 Å². The molecule has 0 fully saturated rings. The summed E-state index contributed by atoms with van der Waals surface area (Å²) in [5, 5.41) is 8.30. The molecule has 1 atom stereocenters. The van der Waals surface area contributed by atoms with Gasteiger partial charge in [-0.3, -0.25) is 0 Å². The van der Waals surface area contributed by atoms with Crippen LogP contribution in [-0.4, -0.2) is 0 Å². The highest BCUT2D eigenvalue weighted by Crippen LogP contribution is 2.36. The summed E-state index contributed by atoms with van der Waals surface area (Å²) in [6.45, 7) is 6.22. The summed E-state index contributed by atoms with van der Waals surface area (Å²) in [4.78, 5) is 0. The van der Waals surface area contributed by atoms with Crippen molar-refractivity contribution >= 4 is 40.2 Å². The summed E-state index contributed by atoms with van der Waals surface area (Å²) in [6.07, 6.45) is 0. The molecule has 0 spiro atoms. The van der Waals surface area contributed by atoms with E-state index in [1.54, 1.807) is 0 Å². The van der Waals surface area contributed by atoms with Crippen LogP contribution in [0.1, 0.15) is 19.4 Å². The van der Waals surface area contributed by atoms with Gasteiger partial charge in [-0.05, 0) is 44.9 Å². The number of hydrogen-bond acceptors (Lipinski definition) is 0. The van der Waals surface area contributed by atoms with Gasteiger partial charge in [0.1, 0.15) is 0 Å². The summed E-state index contributed by atoms with van der Waals surface area (Å²) in [5.41, 5.74) is 1.36. The quantitative estimate of drug-likeness (QED) is 0.326. The molecule has 0 amide bonds. The van der Waals surface area contributed by atoms with Gasteiger partial charge in [0, 0.05) is 5.39 Å². The standard InChI is InChI=1S/C19H15P.C2H6/c1-13-14-6-2-3-7-15-12-20-18-11-5-10-17(19(15)18)16(13)9-4-8-14;1-2/h2-12,20H,1H3;1-2H3. The summed E-state index contributed by atoms with van der Waals surface area (Å²) >= 11 is 0. The Morgan fingerprint density at radius 2 is 1.32 bits per heavy atom. The first-order valence-corrected chi connectivity index (χ1v) is 8.97. The van der Waals surface area contributed by atoms with E-state index in [4.69, 9.17) is 0 Å². The molecule has 1 heteroatoms. The van der Waals surface area contributed by atoms with Crippen molar-refractivity contribution in [1.29, 1.82) is 0 Å². The molecule has 4 aromatic rings. The van der Waals surface area contributed by atoms with Gasteiger partial charge in [0.15, 0.2) is 0 Å². The zero-order chi connectivity index (χ0) is 15.5. The van der Waals surface area contributed by atoms with Gasteiger partial charge in [-0.1, -0.05) is 74.5 Å². The van der Waals surface area contributed by atoms with Crippen LogP contribution in [0, 0.1) is 6.92 Å². The first kappa shape index (κ1) is 14.9. The van der Waals surface area contributed by atoms with E-state index in [0.717, 1.165) is 8.19 Å². The topological polar surface area (TPSA) is 0 Å². The van der Waals surface area contributed by atoms with Crippen molar-refractivity contribution < 1.29 is 0 Å². The summed E-state index contributed by atoms with van der Waals surface area (Å²) in [6, 6.07) is 22.0. The lowest BCUT2D eigenvalue weighted by Gasteiger charge is -2.04. The second-order valence-electron chi connectivity index (χ2n) is 5.21. The van der Waals surface area contributed by atoms with Gasteiger partial charge < -0.3 is 0 Å². The Balaban J connectivity index is 0.000000693. The maximum absolute atomic E-state index is 2.36. The van der Waals surface area contributed by atoms with E-state index in [0.29, 0.717) is 0 Å². The fourth-order valence-corrected chi connectivity index (χ4v) is 4.18. The molecule has 22 heavy (non-hydrogen) atoms. The highest BCUT2D eigenvalue weighted by molar-refractivity contribution is 7.37. The highest BCUT2D eigenvalue weighted by Gasteiger charge is 2.04. The van der Waals surface area contributed by atoms with Crippen LogP contribution in [0.5, 0.6) is 0 Å². The molecule has 110 valence electrons. The van der Waals surface area contributed by atoms with E-state index in [1.807, 2.05) is 13.8 Å². The molecule has 0 N–H and O–H groups in total. The Kier molecular flexibility index (Phi) is 4.32. The van der Waals surface area contributed by atoms with Gasteiger partial charge in [-0.2, -0.15) is 0 Å². The van der Waals surface area contributed by atoms with Crippen molar-refractivity contribution in [2.75, 3.05) is 0 Å². The largest absolute Gasteiger partial charge is 0.131 e. The number of rotatable bonds is 0. The van der Waals surface area contributed by atoms with Crippen LogP contribution in [-0.2, 0) is 0 Å². The number of hydrogen-bond donors (Lipinski definition) is 0. The van der Waals surface area contributed by atoms with Gasteiger partial charge >= 0.3 is 0 Å². The summed E-state index contributed by atoms with van der Waals surface area (Å²) in [5.74, 6) is 2.36. The van der Waals surface area contributed by atoms with Crippen molar-refractivity contribution in [3.8, 4) is 0 Å². The fraction of sp³-hybridized carbons (Fsp3) is 0.143. The molecular weight excluding hydrogens is 283 g/mol. The van der Waals surface area contributed by atoms with Crippen molar-refractivity contribution in [1.82, 2.24) is 0 Å². The highest BCUT2D eigenvalue weighted by atomic mass is 31.0. The van der Waals surface area contributed by atoms with Gasteiger partial charge in [0.2, 0.25) is 0 Å². The second kappa shape index (κ2) is 6.38. The molecule has 0 nitrogen and oxygen atoms in total. The normalized spacial score (nSPS) is 10.9. The summed E-state index contributed by atoms with van der Waals surface area (Å²) in [7, 11) is 0.789. The maximum atomic E-state index is 2.36. The van der Waals surface area contributed by atoms with E-state index in [-0.39, 0.29) is 0 Å². The van der Waals surface area contributed by atoms with E-state index in [2.05, 4.69) is 73.4 Å². The van der Waals surface area contributed by atoms with Gasteiger partial charge in [0.25, 0.3) is 0 Å². The molecule has 1 unspecified atom stereocenters. The fourth-order valence-electron chi connectivity index (χ4n) is 3.01. The Morgan fingerprint density at radius 1 is 0.682 bits per heavy atom. The molecular formula is C21H21P. The molecule has 0 aliphatic carbocycles. The SMILES string of the molecule is CC.Cc1c2ccccc3c[pH]c4cccc(c1ccc2)c34. The zero-order valence-corrected chi connectivity index (χ0v) is 14.4. The van der Waals surface area contributed by atoms with Crippen LogP contribution in [0.4, 0.5) is 0 Å². The lowest BCUT2D eigenvalue weighted by molar-refractivity contribution is 1.50. The molecule has 1 heterocycles. The lowest BCUT2D eigenvalue weighted by atomic mass is 10.0. The molecule has 0 saturated heterocycles. The van der Waals surface area contributed by atoms with Gasteiger partial charge in [-0.15, -0.1) is 8.19 Å². The van der Waals surface area contributed by atoms with E-state index in [1.165, 1.54) is 37.6 Å². The Hall–Kier alpha value is -2.04. The predicted molar refractivity (Wildman–Crippen MR) is 103 cm³/mol. The maximum Gasteiger partial charge on any atom is 0.000766 e. The van der Waals surface area contributed by atoms with E-state index < -0.39 is 0 Å². The van der Waals surface area contributed by atoms with Crippen molar-refractivity contribution in [3.05, 3.63) is 72.0 Å². The molecule has 1 aromatic heterocycles. The minimum atomic E-state index is 0.789. The van der Waals surface area contributed by atoms with E-state index >= 15 is 0 Å². The van der Waals surface area contributed by atoms with E-state index in [9.17, 15) is 0 Å². The minimum absolute atomic E-state index is 0.789. The Labute approximate surface area is 133 Å². The first-order chi connectivity index (χ1) is 10.8. The van der Waals surface area contributed by atoms with Crippen LogP contribution in [0.25, 0.3) is 32.0 Å². The third kappa shape index (κ3) is 2.45. The van der Waals surface area contributed by atoms with Crippen molar-refractivity contribution in [2.45, 2.75) is 20.8 Å². The molecule has 0 aliphatic heterocycles. The minimum Gasteiger partial charge on any atom is -0.131 e. The number of aryl methyl sites for hydroxylation is 1. The molecule has 2 bridgehead atoms. The third-order valence-electron chi connectivity index (χ3n) is 4.06. The second-order valence-corrected chi connectivity index (χ2v) is 6.33. The Bertz CT molecular complexity index is 961. The first-order valence-electron chi connectivity index (χ1n) is 7.89. The third-order valence-corrected chi connectivity index (χ3v) is 5.25. The zero-order valence-electron chi connectivity index (χ0n) is 13.4. The molecule has 0 saturated carbocycles. The lowest BCUT2D eigenvalue weighted by Crippen LogP contribution is -1.79. The van der Waals surface area contributed by atoms with Gasteiger partial charge in [0.05, 0.1) is 0 Å². The monoisotopic (exact) mass is 304 g/mol.